The fraction of sp³-hybridized carbons (Fsp3) is 0.462. The van der Waals surface area contributed by atoms with Gasteiger partial charge in [0.25, 0.3) is 9.05 Å². The van der Waals surface area contributed by atoms with E-state index in [0.717, 1.165) is 12.8 Å². The zero-order valence-corrected chi connectivity index (χ0v) is 12.6. The van der Waals surface area contributed by atoms with Crippen molar-refractivity contribution in [2.45, 2.75) is 37.2 Å². The number of benzene rings is 1. The summed E-state index contributed by atoms with van der Waals surface area (Å²) < 4.78 is 27.8. The average molecular weight is 318 g/mol. The minimum absolute atomic E-state index is 0.0159. The van der Waals surface area contributed by atoms with Crippen molar-refractivity contribution in [2.24, 2.45) is 0 Å². The molecule has 1 N–H and O–H groups in total. The summed E-state index contributed by atoms with van der Waals surface area (Å²) in [6.45, 7) is 2.42. The number of hydrogen-bond acceptors (Lipinski definition) is 4. The molecular formula is C13H16ClNO4S. The van der Waals surface area contributed by atoms with Crippen molar-refractivity contribution in [1.29, 1.82) is 0 Å². The highest BCUT2D eigenvalue weighted by Gasteiger charge is 2.19. The standard InChI is InChI=1S/C13H16ClNO4S/c1-9-7-11(20(14,17)18)4-5-12(9)15-13(16)8-10-3-2-6-19-10/h4-5,7,10H,2-3,6,8H2,1H3,(H,15,16). The minimum Gasteiger partial charge on any atom is -0.378 e. The number of anilines is 1. The van der Waals surface area contributed by atoms with Gasteiger partial charge in [0.05, 0.1) is 17.4 Å². The molecule has 1 aliphatic heterocycles. The van der Waals surface area contributed by atoms with Crippen molar-refractivity contribution in [3.63, 3.8) is 0 Å². The summed E-state index contributed by atoms with van der Waals surface area (Å²) in [6.07, 6.45) is 2.18. The summed E-state index contributed by atoms with van der Waals surface area (Å²) in [6, 6.07) is 4.35. The first-order valence-electron chi connectivity index (χ1n) is 6.33. The first kappa shape index (κ1) is 15.3. The van der Waals surface area contributed by atoms with Crippen LogP contribution in [0.4, 0.5) is 5.69 Å². The fourth-order valence-electron chi connectivity index (χ4n) is 2.14. The van der Waals surface area contributed by atoms with Crippen LogP contribution in [0.5, 0.6) is 0 Å². The largest absolute Gasteiger partial charge is 0.378 e. The quantitative estimate of drug-likeness (QED) is 0.866. The lowest BCUT2D eigenvalue weighted by Crippen LogP contribution is -2.19. The molecule has 1 aliphatic rings. The van der Waals surface area contributed by atoms with Crippen molar-refractivity contribution < 1.29 is 17.9 Å². The highest BCUT2D eigenvalue weighted by molar-refractivity contribution is 8.13. The number of ether oxygens (including phenoxy) is 1. The van der Waals surface area contributed by atoms with Gasteiger partial charge in [-0.05, 0) is 43.5 Å². The van der Waals surface area contributed by atoms with Gasteiger partial charge in [-0.15, -0.1) is 0 Å². The molecule has 0 aliphatic carbocycles. The summed E-state index contributed by atoms with van der Waals surface area (Å²) in [5.74, 6) is -0.138. The second-order valence-electron chi connectivity index (χ2n) is 4.80. The first-order valence-corrected chi connectivity index (χ1v) is 8.64. The Hall–Kier alpha value is -1.11. The summed E-state index contributed by atoms with van der Waals surface area (Å²) in [5, 5.41) is 2.76. The van der Waals surface area contributed by atoms with Gasteiger partial charge in [-0.25, -0.2) is 8.42 Å². The molecule has 0 spiro atoms. The number of amides is 1. The third-order valence-corrected chi connectivity index (χ3v) is 4.54. The average Bonchev–Trinajstić information content (AvgIpc) is 2.83. The number of aryl methyl sites for hydroxylation is 1. The monoisotopic (exact) mass is 317 g/mol. The molecular weight excluding hydrogens is 302 g/mol. The van der Waals surface area contributed by atoms with Gasteiger partial charge >= 0.3 is 0 Å². The normalized spacial score (nSPS) is 19.0. The Morgan fingerprint density at radius 2 is 2.25 bits per heavy atom. The number of carbonyl (C=O) groups excluding carboxylic acids is 1. The second kappa shape index (κ2) is 6.11. The Kier molecular flexibility index (Phi) is 4.67. The molecule has 0 aromatic heterocycles. The van der Waals surface area contributed by atoms with Crippen LogP contribution in [0.2, 0.25) is 0 Å². The van der Waals surface area contributed by atoms with Crippen LogP contribution in [0, 0.1) is 6.92 Å². The molecule has 1 unspecified atom stereocenters. The van der Waals surface area contributed by atoms with Crippen LogP contribution in [0.3, 0.4) is 0 Å². The molecule has 1 amide bonds. The van der Waals surface area contributed by atoms with E-state index >= 15 is 0 Å². The van der Waals surface area contributed by atoms with E-state index in [1.807, 2.05) is 0 Å². The Morgan fingerprint density at radius 3 is 2.80 bits per heavy atom. The van der Waals surface area contributed by atoms with Gasteiger partial charge in [0.1, 0.15) is 0 Å². The highest BCUT2D eigenvalue weighted by atomic mass is 35.7. The van der Waals surface area contributed by atoms with Crippen molar-refractivity contribution in [3.8, 4) is 0 Å². The fourth-order valence-corrected chi connectivity index (χ4v) is 2.98. The van der Waals surface area contributed by atoms with Crippen molar-refractivity contribution >= 4 is 31.3 Å². The minimum atomic E-state index is -3.75. The topological polar surface area (TPSA) is 72.5 Å². The highest BCUT2D eigenvalue weighted by Crippen LogP contribution is 2.23. The molecule has 0 radical (unpaired) electrons. The number of halogens is 1. The van der Waals surface area contributed by atoms with Crippen molar-refractivity contribution in [1.82, 2.24) is 0 Å². The molecule has 7 heteroatoms. The van der Waals surface area contributed by atoms with Gasteiger partial charge < -0.3 is 10.1 Å². The van der Waals surface area contributed by atoms with Gasteiger partial charge in [0.15, 0.2) is 0 Å². The number of rotatable bonds is 4. The zero-order valence-electron chi connectivity index (χ0n) is 11.1. The third kappa shape index (κ3) is 3.94. The van der Waals surface area contributed by atoms with Crippen LogP contribution in [0.15, 0.2) is 23.1 Å². The molecule has 1 heterocycles. The predicted molar refractivity (Wildman–Crippen MR) is 76.4 cm³/mol. The molecule has 2 rings (SSSR count). The Labute approximate surface area is 122 Å². The van der Waals surface area contributed by atoms with E-state index in [1.54, 1.807) is 6.92 Å². The molecule has 5 nitrogen and oxygen atoms in total. The number of hydrogen-bond donors (Lipinski definition) is 1. The summed E-state index contributed by atoms with van der Waals surface area (Å²) >= 11 is 0. The molecule has 1 atom stereocenters. The molecule has 1 saturated heterocycles. The maximum absolute atomic E-state index is 11.9. The van der Waals surface area contributed by atoms with Crippen molar-refractivity contribution in [3.05, 3.63) is 23.8 Å². The summed E-state index contributed by atoms with van der Waals surface area (Å²) in [5.41, 5.74) is 1.23. The third-order valence-electron chi connectivity index (χ3n) is 3.19. The van der Waals surface area contributed by atoms with E-state index in [2.05, 4.69) is 5.32 Å². The van der Waals surface area contributed by atoms with E-state index in [1.165, 1.54) is 18.2 Å². The van der Waals surface area contributed by atoms with Crippen LogP contribution in [0.1, 0.15) is 24.8 Å². The molecule has 20 heavy (non-hydrogen) atoms. The summed E-state index contributed by atoms with van der Waals surface area (Å²) in [7, 11) is 1.52. The van der Waals surface area contributed by atoms with Gasteiger partial charge in [0, 0.05) is 23.0 Å². The van der Waals surface area contributed by atoms with Gasteiger partial charge in [-0.2, -0.15) is 0 Å². The van der Waals surface area contributed by atoms with Gasteiger partial charge in [0.2, 0.25) is 5.91 Å². The Morgan fingerprint density at radius 1 is 1.50 bits per heavy atom. The molecule has 0 bridgehead atoms. The molecule has 1 aromatic carbocycles. The first-order chi connectivity index (χ1) is 9.36. The van der Waals surface area contributed by atoms with Crippen LogP contribution >= 0.6 is 10.7 Å². The van der Waals surface area contributed by atoms with Crippen LogP contribution in [-0.4, -0.2) is 27.0 Å². The Bertz CT molecular complexity index is 609. The SMILES string of the molecule is Cc1cc(S(=O)(=O)Cl)ccc1NC(=O)CC1CCCO1. The van der Waals surface area contributed by atoms with Gasteiger partial charge in [-0.3, -0.25) is 4.79 Å². The van der Waals surface area contributed by atoms with E-state index in [-0.39, 0.29) is 16.9 Å². The van der Waals surface area contributed by atoms with E-state index in [4.69, 9.17) is 15.4 Å². The molecule has 1 aromatic rings. The Balaban J connectivity index is 2.04. The van der Waals surface area contributed by atoms with Crippen molar-refractivity contribution in [2.75, 3.05) is 11.9 Å². The van der Waals surface area contributed by atoms with Crippen LogP contribution in [-0.2, 0) is 18.6 Å². The molecule has 110 valence electrons. The summed E-state index contributed by atoms with van der Waals surface area (Å²) in [4.78, 5) is 11.9. The lowest BCUT2D eigenvalue weighted by Gasteiger charge is -2.12. The smallest absolute Gasteiger partial charge is 0.261 e. The van der Waals surface area contributed by atoms with E-state index in [0.29, 0.717) is 24.3 Å². The van der Waals surface area contributed by atoms with E-state index in [9.17, 15) is 13.2 Å². The maximum atomic E-state index is 11.9. The van der Waals surface area contributed by atoms with Crippen LogP contribution in [0.25, 0.3) is 0 Å². The zero-order chi connectivity index (χ0) is 14.8. The van der Waals surface area contributed by atoms with Crippen LogP contribution < -0.4 is 5.32 Å². The lowest BCUT2D eigenvalue weighted by molar-refractivity contribution is -0.118. The molecule has 1 fully saturated rings. The molecule has 0 saturated carbocycles. The number of carbonyl (C=O) groups is 1. The van der Waals surface area contributed by atoms with Gasteiger partial charge in [-0.1, -0.05) is 0 Å². The lowest BCUT2D eigenvalue weighted by atomic mass is 10.1. The van der Waals surface area contributed by atoms with E-state index < -0.39 is 9.05 Å². The number of nitrogens with one attached hydrogen (secondary N) is 1. The predicted octanol–water partition coefficient (Wildman–Crippen LogP) is 2.43. The maximum Gasteiger partial charge on any atom is 0.261 e. The second-order valence-corrected chi connectivity index (χ2v) is 7.37.